The molecule has 2 N–H and O–H groups in total. The molecule has 0 saturated carbocycles. The highest BCUT2D eigenvalue weighted by Crippen LogP contribution is 2.27. The number of rotatable bonds is 8. The van der Waals surface area contributed by atoms with Crippen molar-refractivity contribution in [3.63, 3.8) is 0 Å². The van der Waals surface area contributed by atoms with Gasteiger partial charge in [-0.3, -0.25) is 9.59 Å². The Morgan fingerprint density at radius 3 is 2.48 bits per heavy atom. The van der Waals surface area contributed by atoms with E-state index in [9.17, 15) is 22.4 Å². The fourth-order valence-corrected chi connectivity index (χ4v) is 5.58. The zero-order valence-electron chi connectivity index (χ0n) is 18.4. The zero-order valence-corrected chi connectivity index (χ0v) is 19.2. The van der Waals surface area contributed by atoms with E-state index in [2.05, 4.69) is 10.6 Å². The normalized spacial score (nSPS) is 16.7. The third kappa shape index (κ3) is 6.29. The van der Waals surface area contributed by atoms with Crippen LogP contribution in [0.25, 0.3) is 0 Å². The van der Waals surface area contributed by atoms with Crippen LogP contribution >= 0.6 is 0 Å². The van der Waals surface area contributed by atoms with Gasteiger partial charge in [0.05, 0.1) is 12.0 Å². The Bertz CT molecular complexity index is 1080. The van der Waals surface area contributed by atoms with E-state index in [4.69, 9.17) is 4.74 Å². The van der Waals surface area contributed by atoms with Crippen LogP contribution in [0.3, 0.4) is 0 Å². The van der Waals surface area contributed by atoms with E-state index in [0.717, 1.165) is 30.5 Å². The van der Waals surface area contributed by atoms with Crippen LogP contribution in [0.4, 0.5) is 4.39 Å². The molecule has 10 heteroatoms. The molecule has 1 aliphatic rings. The van der Waals surface area contributed by atoms with Crippen molar-refractivity contribution in [3.05, 3.63) is 59.9 Å². The van der Waals surface area contributed by atoms with Gasteiger partial charge in [-0.2, -0.15) is 4.31 Å². The van der Waals surface area contributed by atoms with Gasteiger partial charge in [0.15, 0.2) is 0 Å². The lowest BCUT2D eigenvalue weighted by atomic mass is 10.0. The Morgan fingerprint density at radius 1 is 1.06 bits per heavy atom. The number of nitrogens with zero attached hydrogens (tertiary/aromatic N) is 1. The molecular formula is C23H28FN3O5S. The summed E-state index contributed by atoms with van der Waals surface area (Å²) in [5.74, 6) is -1.46. The summed E-state index contributed by atoms with van der Waals surface area (Å²) < 4.78 is 45.9. The summed E-state index contributed by atoms with van der Waals surface area (Å²) in [5, 5.41) is 5.11. The highest BCUT2D eigenvalue weighted by Gasteiger charge is 2.33. The molecule has 0 aliphatic carbocycles. The number of halogens is 1. The summed E-state index contributed by atoms with van der Waals surface area (Å²) in [6.45, 7) is 0.654. The second-order valence-electron chi connectivity index (χ2n) is 7.76. The number of sulfonamides is 1. The first-order valence-electron chi connectivity index (χ1n) is 10.8. The van der Waals surface area contributed by atoms with E-state index >= 15 is 0 Å². The van der Waals surface area contributed by atoms with Crippen LogP contribution in [0.5, 0.6) is 5.75 Å². The number of amides is 2. The molecule has 0 bridgehead atoms. The first-order valence-corrected chi connectivity index (χ1v) is 12.2. The number of piperidine rings is 1. The van der Waals surface area contributed by atoms with E-state index in [1.165, 1.54) is 23.5 Å². The zero-order chi connectivity index (χ0) is 23.8. The number of ether oxygens (including phenoxy) is 1. The van der Waals surface area contributed by atoms with Crippen molar-refractivity contribution < 1.29 is 27.1 Å². The number of methoxy groups -OCH3 is 1. The predicted octanol–water partition coefficient (Wildman–Crippen LogP) is 2.20. The molecule has 33 heavy (non-hydrogen) atoms. The number of hydrogen-bond donors (Lipinski definition) is 2. The Balaban J connectivity index is 1.53. The molecule has 8 nitrogen and oxygen atoms in total. The summed E-state index contributed by atoms with van der Waals surface area (Å²) in [7, 11) is -2.25. The molecule has 178 valence electrons. The molecule has 1 heterocycles. The molecule has 2 aromatic rings. The van der Waals surface area contributed by atoms with Gasteiger partial charge >= 0.3 is 11.8 Å². The fraction of sp³-hybridized carbons (Fsp3) is 0.391. The second kappa shape index (κ2) is 11.2. The van der Waals surface area contributed by atoms with Crippen molar-refractivity contribution in [2.75, 3.05) is 20.2 Å². The van der Waals surface area contributed by atoms with Crippen LogP contribution in [-0.2, 0) is 26.2 Å². The van der Waals surface area contributed by atoms with E-state index in [0.29, 0.717) is 25.1 Å². The van der Waals surface area contributed by atoms with Gasteiger partial charge in [-0.05, 0) is 49.6 Å². The average Bonchev–Trinajstić information content (AvgIpc) is 2.83. The van der Waals surface area contributed by atoms with Gasteiger partial charge in [0, 0.05) is 31.2 Å². The summed E-state index contributed by atoms with van der Waals surface area (Å²) in [6, 6.07) is 11.6. The summed E-state index contributed by atoms with van der Waals surface area (Å²) >= 11 is 0. The summed E-state index contributed by atoms with van der Waals surface area (Å²) in [4.78, 5) is 24.3. The lowest BCUT2D eigenvalue weighted by Crippen LogP contribution is -2.46. The maximum Gasteiger partial charge on any atom is 0.309 e. The number of carbonyl (C=O) groups is 2. The van der Waals surface area contributed by atoms with Gasteiger partial charge in [-0.15, -0.1) is 0 Å². The van der Waals surface area contributed by atoms with Crippen molar-refractivity contribution in [1.82, 2.24) is 14.9 Å². The molecule has 0 aromatic heterocycles. The Hall–Kier alpha value is -2.98. The predicted molar refractivity (Wildman–Crippen MR) is 120 cm³/mol. The number of para-hydroxylation sites is 1. The standard InChI is InChI=1S/C23H28FN3O5S/c1-32-21-8-3-2-6-17(21)16-26-23(29)22(28)25-14-13-19-7-4-5-15-27(19)33(30,31)20-11-9-18(24)10-12-20/h2-3,6,8-12,19H,4-5,7,13-16H2,1H3,(H,25,28)(H,26,29)/t19-/m0/s1. The van der Waals surface area contributed by atoms with Crippen LogP contribution < -0.4 is 15.4 Å². The molecule has 1 fully saturated rings. The monoisotopic (exact) mass is 477 g/mol. The minimum atomic E-state index is -3.78. The minimum Gasteiger partial charge on any atom is -0.496 e. The van der Waals surface area contributed by atoms with Gasteiger partial charge in [-0.25, -0.2) is 12.8 Å². The smallest absolute Gasteiger partial charge is 0.309 e. The topological polar surface area (TPSA) is 105 Å². The molecule has 3 rings (SSSR count). The first-order chi connectivity index (χ1) is 15.8. The number of hydrogen-bond acceptors (Lipinski definition) is 5. The van der Waals surface area contributed by atoms with Gasteiger partial charge in [-0.1, -0.05) is 24.6 Å². The molecule has 1 saturated heterocycles. The molecule has 2 amide bonds. The van der Waals surface area contributed by atoms with Gasteiger partial charge in [0.2, 0.25) is 10.0 Å². The summed E-state index contributed by atoms with van der Waals surface area (Å²) in [6.07, 6.45) is 2.62. The van der Waals surface area contributed by atoms with E-state index < -0.39 is 27.7 Å². The van der Waals surface area contributed by atoms with E-state index in [1.807, 2.05) is 6.07 Å². The lowest BCUT2D eigenvalue weighted by Gasteiger charge is -2.34. The third-order valence-corrected chi connectivity index (χ3v) is 7.56. The molecule has 0 spiro atoms. The van der Waals surface area contributed by atoms with Crippen molar-refractivity contribution >= 4 is 21.8 Å². The molecule has 0 radical (unpaired) electrons. The maximum absolute atomic E-state index is 13.2. The van der Waals surface area contributed by atoms with E-state index in [1.54, 1.807) is 18.2 Å². The SMILES string of the molecule is COc1ccccc1CNC(=O)C(=O)NCC[C@@H]1CCCCN1S(=O)(=O)c1ccc(F)cc1. The van der Waals surface area contributed by atoms with Crippen molar-refractivity contribution in [1.29, 1.82) is 0 Å². The van der Waals surface area contributed by atoms with Crippen molar-refractivity contribution in [2.45, 2.75) is 43.2 Å². The number of benzene rings is 2. The van der Waals surface area contributed by atoms with Gasteiger partial charge in [0.1, 0.15) is 11.6 Å². The molecular weight excluding hydrogens is 449 g/mol. The third-order valence-electron chi connectivity index (χ3n) is 5.59. The highest BCUT2D eigenvalue weighted by molar-refractivity contribution is 7.89. The minimum absolute atomic E-state index is 0.0375. The second-order valence-corrected chi connectivity index (χ2v) is 9.65. The van der Waals surface area contributed by atoms with Crippen LogP contribution in [0.1, 0.15) is 31.2 Å². The Morgan fingerprint density at radius 2 is 1.76 bits per heavy atom. The van der Waals surface area contributed by atoms with Gasteiger partial charge in [0.25, 0.3) is 0 Å². The molecule has 0 unspecified atom stereocenters. The number of nitrogens with one attached hydrogen (secondary N) is 2. The average molecular weight is 478 g/mol. The largest absolute Gasteiger partial charge is 0.496 e. The molecule has 1 aliphatic heterocycles. The fourth-order valence-electron chi connectivity index (χ4n) is 3.86. The molecule has 2 aromatic carbocycles. The van der Waals surface area contributed by atoms with Crippen LogP contribution in [-0.4, -0.2) is 50.8 Å². The Labute approximate surface area is 193 Å². The highest BCUT2D eigenvalue weighted by atomic mass is 32.2. The van der Waals surface area contributed by atoms with Gasteiger partial charge < -0.3 is 15.4 Å². The van der Waals surface area contributed by atoms with Crippen LogP contribution in [0.15, 0.2) is 53.4 Å². The molecule has 1 atom stereocenters. The first kappa shape index (κ1) is 24.7. The van der Waals surface area contributed by atoms with Crippen LogP contribution in [0.2, 0.25) is 0 Å². The maximum atomic E-state index is 13.2. The lowest BCUT2D eigenvalue weighted by molar-refractivity contribution is -0.139. The van der Waals surface area contributed by atoms with Crippen molar-refractivity contribution in [2.24, 2.45) is 0 Å². The summed E-state index contributed by atoms with van der Waals surface area (Å²) in [5.41, 5.74) is 0.741. The van der Waals surface area contributed by atoms with Crippen molar-refractivity contribution in [3.8, 4) is 5.75 Å². The number of carbonyl (C=O) groups excluding carboxylic acids is 2. The Kier molecular flexibility index (Phi) is 8.40. The van der Waals surface area contributed by atoms with E-state index in [-0.39, 0.29) is 24.0 Å². The quantitative estimate of drug-likeness (QED) is 0.567. The van der Waals surface area contributed by atoms with Crippen LogP contribution in [0, 0.1) is 5.82 Å².